The lowest BCUT2D eigenvalue weighted by atomic mass is 10.0. The van der Waals surface area contributed by atoms with Gasteiger partial charge in [0.1, 0.15) is 5.69 Å². The second-order valence-corrected chi connectivity index (χ2v) is 7.85. The fourth-order valence-corrected chi connectivity index (χ4v) is 4.04. The van der Waals surface area contributed by atoms with Gasteiger partial charge in [0.15, 0.2) is 0 Å². The smallest absolute Gasteiger partial charge is 0.270 e. The standard InChI is InChI=1S/C21H32N4O3/c26-19-16-25(20(27)9-7-14-24-12-5-1-2-6-13-24)15-10-17(19)23-21(28)18-8-3-4-11-22-18/h3-4,8,11,17,19,26H,1-2,5-7,9-10,12-16H2,(H,23,28)/t17-,19-/m1/s1. The fraction of sp³-hybridized carbons (Fsp3) is 0.667. The predicted molar refractivity (Wildman–Crippen MR) is 107 cm³/mol. The lowest BCUT2D eigenvalue weighted by Gasteiger charge is -2.36. The van der Waals surface area contributed by atoms with Gasteiger partial charge in [0, 0.05) is 25.7 Å². The summed E-state index contributed by atoms with van der Waals surface area (Å²) in [6.45, 7) is 4.11. The van der Waals surface area contributed by atoms with Crippen molar-refractivity contribution in [2.24, 2.45) is 0 Å². The van der Waals surface area contributed by atoms with Gasteiger partial charge in [0.05, 0.1) is 12.1 Å². The van der Waals surface area contributed by atoms with E-state index in [-0.39, 0.29) is 24.4 Å². The van der Waals surface area contributed by atoms with Crippen LogP contribution in [0.3, 0.4) is 0 Å². The third-order valence-electron chi connectivity index (χ3n) is 5.71. The average molecular weight is 389 g/mol. The maximum Gasteiger partial charge on any atom is 0.270 e. The molecule has 1 aromatic heterocycles. The number of rotatable bonds is 6. The lowest BCUT2D eigenvalue weighted by Crippen LogP contribution is -2.55. The Bertz CT molecular complexity index is 632. The number of β-amino-alcohol motifs (C(OH)–C–C–N with tert-alkyl or cyclic N) is 1. The molecule has 2 fully saturated rings. The third kappa shape index (κ3) is 6.01. The molecule has 0 spiro atoms. The zero-order chi connectivity index (χ0) is 19.8. The highest BCUT2D eigenvalue weighted by molar-refractivity contribution is 5.92. The molecule has 7 nitrogen and oxygen atoms in total. The van der Waals surface area contributed by atoms with E-state index in [4.69, 9.17) is 0 Å². The number of carbonyl (C=O) groups is 2. The Kier molecular flexibility index (Phi) is 7.80. The molecule has 0 saturated carbocycles. The summed E-state index contributed by atoms with van der Waals surface area (Å²) in [7, 11) is 0. The molecule has 0 bridgehead atoms. The van der Waals surface area contributed by atoms with Gasteiger partial charge in [0.2, 0.25) is 5.91 Å². The minimum Gasteiger partial charge on any atom is -0.389 e. The minimum absolute atomic E-state index is 0.100. The van der Waals surface area contributed by atoms with E-state index in [2.05, 4.69) is 15.2 Å². The van der Waals surface area contributed by atoms with Crippen molar-refractivity contribution in [3.8, 4) is 0 Å². The molecule has 0 aliphatic carbocycles. The Morgan fingerprint density at radius 2 is 1.93 bits per heavy atom. The fourth-order valence-electron chi connectivity index (χ4n) is 4.04. The van der Waals surface area contributed by atoms with E-state index < -0.39 is 6.10 Å². The van der Waals surface area contributed by atoms with Crippen molar-refractivity contribution < 1.29 is 14.7 Å². The molecule has 3 heterocycles. The van der Waals surface area contributed by atoms with Crippen LogP contribution in [-0.2, 0) is 4.79 Å². The molecule has 2 atom stereocenters. The van der Waals surface area contributed by atoms with Crippen molar-refractivity contribution in [1.82, 2.24) is 20.1 Å². The van der Waals surface area contributed by atoms with Crippen LogP contribution in [0.5, 0.6) is 0 Å². The number of aliphatic hydroxyl groups excluding tert-OH is 1. The predicted octanol–water partition coefficient (Wildman–Crippen LogP) is 1.43. The number of hydrogen-bond acceptors (Lipinski definition) is 5. The Balaban J connectivity index is 1.39. The van der Waals surface area contributed by atoms with Crippen LogP contribution >= 0.6 is 0 Å². The summed E-state index contributed by atoms with van der Waals surface area (Å²) in [5.41, 5.74) is 0.335. The first-order valence-corrected chi connectivity index (χ1v) is 10.5. The number of aromatic nitrogens is 1. The van der Waals surface area contributed by atoms with E-state index in [1.807, 2.05) is 0 Å². The molecule has 0 unspecified atom stereocenters. The molecule has 2 N–H and O–H groups in total. The van der Waals surface area contributed by atoms with E-state index in [0.717, 1.165) is 26.1 Å². The van der Waals surface area contributed by atoms with Gasteiger partial charge in [-0.2, -0.15) is 0 Å². The van der Waals surface area contributed by atoms with Crippen LogP contribution in [0.2, 0.25) is 0 Å². The molecule has 1 aromatic rings. The summed E-state index contributed by atoms with van der Waals surface area (Å²) >= 11 is 0. The van der Waals surface area contributed by atoms with Crippen LogP contribution < -0.4 is 5.32 Å². The quantitative estimate of drug-likeness (QED) is 0.770. The van der Waals surface area contributed by atoms with Gasteiger partial charge in [-0.05, 0) is 57.5 Å². The van der Waals surface area contributed by atoms with Gasteiger partial charge in [0.25, 0.3) is 5.91 Å². The number of nitrogens with zero attached hydrogens (tertiary/aromatic N) is 3. The molecule has 2 saturated heterocycles. The zero-order valence-electron chi connectivity index (χ0n) is 16.6. The van der Waals surface area contributed by atoms with Gasteiger partial charge in [-0.1, -0.05) is 18.9 Å². The average Bonchev–Trinajstić information content (AvgIpc) is 2.99. The number of nitrogens with one attached hydrogen (secondary N) is 1. The SMILES string of the molecule is O=C(N[C@@H]1CCN(C(=O)CCCN2CCCCCC2)C[C@H]1O)c1ccccn1. The van der Waals surface area contributed by atoms with Crippen molar-refractivity contribution >= 4 is 11.8 Å². The summed E-state index contributed by atoms with van der Waals surface area (Å²) in [6.07, 6.45) is 7.92. The summed E-state index contributed by atoms with van der Waals surface area (Å²) in [4.78, 5) is 33.0. The van der Waals surface area contributed by atoms with Crippen LogP contribution in [0.15, 0.2) is 24.4 Å². The van der Waals surface area contributed by atoms with Crippen LogP contribution in [0.4, 0.5) is 0 Å². The molecule has 2 aliphatic heterocycles. The van der Waals surface area contributed by atoms with Gasteiger partial charge < -0.3 is 20.2 Å². The first-order chi connectivity index (χ1) is 13.6. The van der Waals surface area contributed by atoms with E-state index in [1.54, 1.807) is 29.3 Å². The molecule has 154 valence electrons. The monoisotopic (exact) mass is 388 g/mol. The van der Waals surface area contributed by atoms with Gasteiger partial charge in [-0.25, -0.2) is 0 Å². The van der Waals surface area contributed by atoms with E-state index >= 15 is 0 Å². The Morgan fingerprint density at radius 3 is 2.61 bits per heavy atom. The van der Waals surface area contributed by atoms with Gasteiger partial charge >= 0.3 is 0 Å². The Labute approximate surface area is 167 Å². The van der Waals surface area contributed by atoms with Crippen LogP contribution in [0.1, 0.15) is 55.4 Å². The van der Waals surface area contributed by atoms with Crippen molar-refractivity contribution in [1.29, 1.82) is 0 Å². The second-order valence-electron chi connectivity index (χ2n) is 7.85. The van der Waals surface area contributed by atoms with Crippen molar-refractivity contribution in [3.63, 3.8) is 0 Å². The molecule has 0 radical (unpaired) electrons. The zero-order valence-corrected chi connectivity index (χ0v) is 16.6. The highest BCUT2D eigenvalue weighted by atomic mass is 16.3. The number of carbonyl (C=O) groups excluding carboxylic acids is 2. The normalized spacial score (nSPS) is 23.8. The highest BCUT2D eigenvalue weighted by Gasteiger charge is 2.31. The van der Waals surface area contributed by atoms with Crippen molar-refractivity contribution in [3.05, 3.63) is 30.1 Å². The van der Waals surface area contributed by atoms with Gasteiger partial charge in [-0.3, -0.25) is 14.6 Å². The molecule has 2 amide bonds. The van der Waals surface area contributed by atoms with Crippen molar-refractivity contribution in [2.75, 3.05) is 32.7 Å². The molecular weight excluding hydrogens is 356 g/mol. The molecule has 0 aromatic carbocycles. The minimum atomic E-state index is -0.754. The Morgan fingerprint density at radius 1 is 1.14 bits per heavy atom. The van der Waals surface area contributed by atoms with Crippen LogP contribution in [0.25, 0.3) is 0 Å². The summed E-state index contributed by atoms with van der Waals surface area (Å²) in [5.74, 6) is -0.190. The van der Waals surface area contributed by atoms with E-state index in [9.17, 15) is 14.7 Å². The maximum atomic E-state index is 12.5. The Hall–Kier alpha value is -1.99. The van der Waals surface area contributed by atoms with Crippen molar-refractivity contribution in [2.45, 2.75) is 57.1 Å². The topological polar surface area (TPSA) is 85.8 Å². The van der Waals surface area contributed by atoms with E-state index in [1.165, 1.54) is 25.7 Å². The summed E-state index contributed by atoms with van der Waals surface area (Å²) < 4.78 is 0. The van der Waals surface area contributed by atoms with Crippen LogP contribution in [0, 0.1) is 0 Å². The number of likely N-dealkylation sites (tertiary alicyclic amines) is 2. The highest BCUT2D eigenvalue weighted by Crippen LogP contribution is 2.15. The summed E-state index contributed by atoms with van der Waals surface area (Å²) in [6, 6.07) is 4.80. The number of piperidine rings is 1. The molecule has 28 heavy (non-hydrogen) atoms. The second kappa shape index (κ2) is 10.5. The lowest BCUT2D eigenvalue weighted by molar-refractivity contribution is -0.134. The molecule has 7 heteroatoms. The molecular formula is C21H32N4O3. The summed E-state index contributed by atoms with van der Waals surface area (Å²) in [5, 5.41) is 13.2. The first kappa shape index (κ1) is 20.7. The maximum absolute atomic E-state index is 12.5. The van der Waals surface area contributed by atoms with Crippen LogP contribution in [-0.4, -0.2) is 76.6 Å². The first-order valence-electron chi connectivity index (χ1n) is 10.5. The molecule has 3 rings (SSSR count). The number of amides is 2. The largest absolute Gasteiger partial charge is 0.389 e. The number of pyridine rings is 1. The molecule has 2 aliphatic rings. The number of aliphatic hydroxyl groups is 1. The van der Waals surface area contributed by atoms with Gasteiger partial charge in [-0.15, -0.1) is 0 Å². The third-order valence-corrected chi connectivity index (χ3v) is 5.71. The van der Waals surface area contributed by atoms with E-state index in [0.29, 0.717) is 25.1 Å². The number of hydrogen-bond donors (Lipinski definition) is 2.